The summed E-state index contributed by atoms with van der Waals surface area (Å²) in [5, 5.41) is 4.00. The second kappa shape index (κ2) is 7.68. The number of benzene rings is 1. The summed E-state index contributed by atoms with van der Waals surface area (Å²) in [6.45, 7) is 3.52. The highest BCUT2D eigenvalue weighted by Crippen LogP contribution is 2.30. The molecular weight excluding hydrogens is 316 g/mol. The van der Waals surface area contributed by atoms with E-state index in [9.17, 15) is 4.79 Å². The number of carbonyl (C=O) groups is 1. The van der Waals surface area contributed by atoms with Gasteiger partial charge in [-0.05, 0) is 30.0 Å². The van der Waals surface area contributed by atoms with Crippen molar-refractivity contribution in [2.24, 2.45) is 0 Å². The Balaban J connectivity index is 1.72. The molecule has 1 fully saturated rings. The molecule has 0 unspecified atom stereocenters. The normalized spacial score (nSPS) is 18.8. The van der Waals surface area contributed by atoms with Gasteiger partial charge >= 0.3 is 0 Å². The Kier molecular flexibility index (Phi) is 5.36. The summed E-state index contributed by atoms with van der Waals surface area (Å²) in [6.07, 6.45) is 2.73. The molecule has 0 saturated carbocycles. The second-order valence-corrected chi connectivity index (χ2v) is 6.82. The highest BCUT2D eigenvalue weighted by molar-refractivity contribution is 5.83. The molecule has 6 heteroatoms. The number of hydrogen-bond acceptors (Lipinski definition) is 5. The maximum Gasteiger partial charge on any atom is 0.265 e. The maximum absolute atomic E-state index is 13.1. The van der Waals surface area contributed by atoms with Crippen molar-refractivity contribution in [3.05, 3.63) is 41.8 Å². The van der Waals surface area contributed by atoms with Gasteiger partial charge in [-0.15, -0.1) is 0 Å². The van der Waals surface area contributed by atoms with Crippen LogP contribution in [0.1, 0.15) is 49.5 Å². The van der Waals surface area contributed by atoms with E-state index in [1.807, 2.05) is 54.2 Å². The van der Waals surface area contributed by atoms with Crippen LogP contribution >= 0.6 is 0 Å². The SMILES string of the molecule is CC[C@H](C(=O)N1CCC[C@@H](c2nc(N(C)C)no2)C1)c1ccccc1. The first-order valence-corrected chi connectivity index (χ1v) is 8.94. The van der Waals surface area contributed by atoms with Crippen LogP contribution in [0.3, 0.4) is 0 Å². The van der Waals surface area contributed by atoms with E-state index in [1.165, 1.54) is 0 Å². The lowest BCUT2D eigenvalue weighted by Gasteiger charge is -2.33. The van der Waals surface area contributed by atoms with Gasteiger partial charge in [-0.2, -0.15) is 4.98 Å². The van der Waals surface area contributed by atoms with Gasteiger partial charge in [0.15, 0.2) is 0 Å². The number of nitrogens with zero attached hydrogens (tertiary/aromatic N) is 4. The number of rotatable bonds is 5. The third kappa shape index (κ3) is 3.83. The molecule has 1 aliphatic rings. The molecular formula is C19H26N4O2. The molecule has 25 heavy (non-hydrogen) atoms. The van der Waals surface area contributed by atoms with Gasteiger partial charge < -0.3 is 14.3 Å². The molecule has 0 aliphatic carbocycles. The number of aromatic nitrogens is 2. The molecule has 0 spiro atoms. The molecule has 3 rings (SSSR count). The van der Waals surface area contributed by atoms with Crippen molar-refractivity contribution in [1.82, 2.24) is 15.0 Å². The fourth-order valence-electron chi connectivity index (χ4n) is 3.41. The lowest BCUT2D eigenvalue weighted by atomic mass is 9.92. The molecule has 1 aliphatic heterocycles. The maximum atomic E-state index is 13.1. The number of carbonyl (C=O) groups excluding carboxylic acids is 1. The fraction of sp³-hybridized carbons (Fsp3) is 0.526. The van der Waals surface area contributed by atoms with Crippen molar-refractivity contribution in [2.45, 2.75) is 38.0 Å². The van der Waals surface area contributed by atoms with Gasteiger partial charge in [-0.25, -0.2) is 0 Å². The largest absolute Gasteiger partial charge is 0.344 e. The minimum Gasteiger partial charge on any atom is -0.344 e. The summed E-state index contributed by atoms with van der Waals surface area (Å²) in [6, 6.07) is 10.0. The minimum atomic E-state index is -0.0834. The van der Waals surface area contributed by atoms with Crippen LogP contribution in [0.25, 0.3) is 0 Å². The number of piperidine rings is 1. The van der Waals surface area contributed by atoms with Crippen molar-refractivity contribution in [3.63, 3.8) is 0 Å². The molecule has 2 aromatic rings. The average molecular weight is 342 g/mol. The van der Waals surface area contributed by atoms with Crippen LogP contribution in [-0.2, 0) is 4.79 Å². The van der Waals surface area contributed by atoms with Crippen LogP contribution in [0.2, 0.25) is 0 Å². The van der Waals surface area contributed by atoms with Gasteiger partial charge in [0.2, 0.25) is 11.8 Å². The van der Waals surface area contributed by atoms with Crippen LogP contribution in [0.15, 0.2) is 34.9 Å². The van der Waals surface area contributed by atoms with Gasteiger partial charge in [0.1, 0.15) is 0 Å². The summed E-state index contributed by atoms with van der Waals surface area (Å²) in [4.78, 5) is 21.3. The van der Waals surface area contributed by atoms with Crippen LogP contribution in [0.4, 0.5) is 5.95 Å². The number of amides is 1. The van der Waals surface area contributed by atoms with Gasteiger partial charge in [-0.1, -0.05) is 37.3 Å². The van der Waals surface area contributed by atoms with Crippen molar-refractivity contribution < 1.29 is 9.32 Å². The van der Waals surface area contributed by atoms with Crippen LogP contribution in [0, 0.1) is 0 Å². The van der Waals surface area contributed by atoms with Crippen molar-refractivity contribution in [1.29, 1.82) is 0 Å². The predicted molar refractivity (Wildman–Crippen MR) is 96.7 cm³/mol. The fourth-order valence-corrected chi connectivity index (χ4v) is 3.41. The monoisotopic (exact) mass is 342 g/mol. The van der Waals surface area contributed by atoms with Crippen LogP contribution in [-0.4, -0.2) is 48.1 Å². The van der Waals surface area contributed by atoms with E-state index in [0.717, 1.165) is 31.4 Å². The first-order chi connectivity index (χ1) is 12.1. The molecule has 6 nitrogen and oxygen atoms in total. The highest BCUT2D eigenvalue weighted by atomic mass is 16.5. The topological polar surface area (TPSA) is 62.5 Å². The zero-order valence-corrected chi connectivity index (χ0v) is 15.2. The summed E-state index contributed by atoms with van der Waals surface area (Å²) in [5.41, 5.74) is 1.09. The molecule has 1 aromatic carbocycles. The minimum absolute atomic E-state index is 0.0834. The van der Waals surface area contributed by atoms with Crippen LogP contribution in [0.5, 0.6) is 0 Å². The standard InChI is InChI=1S/C19H26N4O2/c1-4-16(14-9-6-5-7-10-14)18(24)23-12-8-11-15(13-23)17-20-19(21-25-17)22(2)3/h5-7,9-10,15-16H,4,8,11-13H2,1-3H3/t15-,16+/m1/s1. The van der Waals surface area contributed by atoms with E-state index in [2.05, 4.69) is 17.1 Å². The quantitative estimate of drug-likeness (QED) is 0.836. The second-order valence-electron chi connectivity index (χ2n) is 6.82. The zero-order valence-electron chi connectivity index (χ0n) is 15.2. The van der Waals surface area contributed by atoms with Gasteiger partial charge in [0.05, 0.1) is 11.8 Å². The molecule has 2 atom stereocenters. The third-order valence-corrected chi connectivity index (χ3v) is 4.82. The lowest BCUT2D eigenvalue weighted by Crippen LogP contribution is -2.41. The first-order valence-electron chi connectivity index (χ1n) is 8.94. The van der Waals surface area contributed by atoms with E-state index >= 15 is 0 Å². The van der Waals surface area contributed by atoms with E-state index in [4.69, 9.17) is 4.52 Å². The average Bonchev–Trinajstić information content (AvgIpc) is 3.14. The Bertz CT molecular complexity index is 698. The zero-order chi connectivity index (χ0) is 17.8. The van der Waals surface area contributed by atoms with E-state index in [0.29, 0.717) is 18.4 Å². The summed E-state index contributed by atoms with van der Waals surface area (Å²) >= 11 is 0. The van der Waals surface area contributed by atoms with Gasteiger partial charge in [0.25, 0.3) is 5.95 Å². The number of hydrogen-bond donors (Lipinski definition) is 0. The Morgan fingerprint density at radius 3 is 2.76 bits per heavy atom. The molecule has 134 valence electrons. The van der Waals surface area contributed by atoms with E-state index < -0.39 is 0 Å². The van der Waals surface area contributed by atoms with E-state index in [-0.39, 0.29) is 17.7 Å². The predicted octanol–water partition coefficient (Wildman–Crippen LogP) is 3.04. The Hall–Kier alpha value is -2.37. The molecule has 1 amide bonds. The Labute approximate surface area is 148 Å². The summed E-state index contributed by atoms with van der Waals surface area (Å²) < 4.78 is 5.42. The van der Waals surface area contributed by atoms with Gasteiger partial charge in [0, 0.05) is 27.2 Å². The highest BCUT2D eigenvalue weighted by Gasteiger charge is 2.32. The summed E-state index contributed by atoms with van der Waals surface area (Å²) in [7, 11) is 3.77. The molecule has 1 aromatic heterocycles. The van der Waals surface area contributed by atoms with Crippen LogP contribution < -0.4 is 4.90 Å². The smallest absolute Gasteiger partial charge is 0.265 e. The Morgan fingerprint density at radius 1 is 1.36 bits per heavy atom. The van der Waals surface area contributed by atoms with Crippen molar-refractivity contribution in [3.8, 4) is 0 Å². The van der Waals surface area contributed by atoms with Gasteiger partial charge in [-0.3, -0.25) is 4.79 Å². The molecule has 0 bridgehead atoms. The van der Waals surface area contributed by atoms with Crippen molar-refractivity contribution in [2.75, 3.05) is 32.1 Å². The first kappa shape index (κ1) is 17.5. The molecule has 0 N–H and O–H groups in total. The lowest BCUT2D eigenvalue weighted by molar-refractivity contribution is -0.134. The third-order valence-electron chi connectivity index (χ3n) is 4.82. The molecule has 0 radical (unpaired) electrons. The molecule has 2 heterocycles. The summed E-state index contributed by atoms with van der Waals surface area (Å²) in [5.74, 6) is 1.45. The molecule has 1 saturated heterocycles. The Morgan fingerprint density at radius 2 is 2.12 bits per heavy atom. The number of anilines is 1. The number of likely N-dealkylation sites (tertiary alicyclic amines) is 1. The van der Waals surface area contributed by atoms with Crippen molar-refractivity contribution >= 4 is 11.9 Å². The van der Waals surface area contributed by atoms with E-state index in [1.54, 1.807) is 0 Å².